The molecule has 4 heterocycles. The third-order valence-corrected chi connectivity index (χ3v) is 8.49. The number of anilines is 4. The quantitative estimate of drug-likeness (QED) is 0.249. The minimum absolute atomic E-state index is 0.00239. The molecule has 3 aliphatic rings. The van der Waals surface area contributed by atoms with Gasteiger partial charge in [-0.1, -0.05) is 12.1 Å². The number of rotatable bonds is 9. The molecule has 14 heteroatoms. The summed E-state index contributed by atoms with van der Waals surface area (Å²) in [6.45, 7) is 3.38. The molecule has 1 spiro atoms. The number of aromatic nitrogens is 4. The van der Waals surface area contributed by atoms with E-state index in [-0.39, 0.29) is 29.3 Å². The van der Waals surface area contributed by atoms with Crippen molar-refractivity contribution in [2.75, 3.05) is 57.3 Å². The first-order valence-corrected chi connectivity index (χ1v) is 15.1. The third-order valence-electron chi connectivity index (χ3n) is 8.49. The van der Waals surface area contributed by atoms with Crippen molar-refractivity contribution in [1.29, 1.82) is 0 Å². The standard InChI is InChI=1S/C32H34N8O6/c1-43-27-23(21-17-35-40(19-21)26-9-10-32(26)45-15-16-46-32)3-2-4-25(27)37-29-24(28(33)41)18-34-31(38-29)36-22-7-5-20(6-8-22)30(42)39-11-13-44-14-12-39/h2-8,17-19,26H,9-16H2,1H3,(H2,33,41)(H2,34,36,37,38)/t26-/m0/s1. The molecule has 1 saturated carbocycles. The lowest BCUT2D eigenvalue weighted by molar-refractivity contribution is -0.242. The molecule has 238 valence electrons. The van der Waals surface area contributed by atoms with Crippen LogP contribution in [0.2, 0.25) is 0 Å². The van der Waals surface area contributed by atoms with Crippen LogP contribution in [0.4, 0.5) is 23.1 Å². The van der Waals surface area contributed by atoms with E-state index in [0.717, 1.165) is 24.0 Å². The first kappa shape index (κ1) is 29.6. The maximum Gasteiger partial charge on any atom is 0.254 e. The van der Waals surface area contributed by atoms with Crippen molar-refractivity contribution in [3.8, 4) is 16.9 Å². The number of primary amides is 1. The highest BCUT2D eigenvalue weighted by molar-refractivity contribution is 5.98. The van der Waals surface area contributed by atoms with Gasteiger partial charge < -0.3 is 40.2 Å². The molecule has 46 heavy (non-hydrogen) atoms. The molecule has 2 aromatic carbocycles. The second-order valence-corrected chi connectivity index (χ2v) is 11.2. The molecule has 0 radical (unpaired) electrons. The van der Waals surface area contributed by atoms with Crippen LogP contribution < -0.4 is 21.1 Å². The van der Waals surface area contributed by atoms with Gasteiger partial charge >= 0.3 is 0 Å². The second-order valence-electron chi connectivity index (χ2n) is 11.2. The summed E-state index contributed by atoms with van der Waals surface area (Å²) >= 11 is 0. The van der Waals surface area contributed by atoms with Gasteiger partial charge in [0.1, 0.15) is 23.2 Å². The van der Waals surface area contributed by atoms with Gasteiger partial charge in [-0.05, 0) is 36.8 Å². The number of carbonyl (C=O) groups excluding carboxylic acids is 2. The van der Waals surface area contributed by atoms with Crippen LogP contribution >= 0.6 is 0 Å². The normalized spacial score (nSPS) is 18.6. The number of nitrogens with zero attached hydrogens (tertiary/aromatic N) is 5. The average molecular weight is 627 g/mol. The van der Waals surface area contributed by atoms with E-state index in [1.54, 1.807) is 42.5 Å². The van der Waals surface area contributed by atoms with Gasteiger partial charge in [0, 0.05) is 54.3 Å². The number of para-hydroxylation sites is 1. The van der Waals surface area contributed by atoms with Crippen LogP contribution in [0.15, 0.2) is 61.1 Å². The van der Waals surface area contributed by atoms with E-state index in [1.165, 1.54) is 6.20 Å². The minimum atomic E-state index is -0.692. The number of methoxy groups -OCH3 is 1. The molecule has 2 saturated heterocycles. The first-order valence-electron chi connectivity index (χ1n) is 15.1. The molecule has 3 fully saturated rings. The lowest BCUT2D eigenvalue weighted by atomic mass is 9.85. The Morgan fingerprint density at radius 3 is 2.50 bits per heavy atom. The monoisotopic (exact) mass is 626 g/mol. The molecule has 4 N–H and O–H groups in total. The summed E-state index contributed by atoms with van der Waals surface area (Å²) in [7, 11) is 1.57. The predicted molar refractivity (Wildman–Crippen MR) is 167 cm³/mol. The number of nitrogens with two attached hydrogens (primary N) is 1. The van der Waals surface area contributed by atoms with Crippen molar-refractivity contribution in [3.05, 3.63) is 72.2 Å². The second kappa shape index (κ2) is 12.4. The minimum Gasteiger partial charge on any atom is -0.494 e. The topological polar surface area (TPSA) is 168 Å². The molecule has 1 aliphatic carbocycles. The van der Waals surface area contributed by atoms with E-state index < -0.39 is 11.7 Å². The maximum absolute atomic E-state index is 12.8. The highest BCUT2D eigenvalue weighted by atomic mass is 16.7. The largest absolute Gasteiger partial charge is 0.494 e. The Labute approximate surface area is 264 Å². The molecule has 2 amide bonds. The van der Waals surface area contributed by atoms with E-state index in [4.69, 9.17) is 24.7 Å². The average Bonchev–Trinajstić information content (AvgIpc) is 3.77. The van der Waals surface area contributed by atoms with Crippen LogP contribution in [0.3, 0.4) is 0 Å². The summed E-state index contributed by atoms with van der Waals surface area (Å²) in [5, 5.41) is 11.0. The van der Waals surface area contributed by atoms with E-state index in [0.29, 0.717) is 62.2 Å². The highest BCUT2D eigenvalue weighted by Crippen LogP contribution is 2.48. The summed E-state index contributed by atoms with van der Waals surface area (Å²) in [4.78, 5) is 35.8. The van der Waals surface area contributed by atoms with E-state index >= 15 is 0 Å². The molecule has 2 aliphatic heterocycles. The van der Waals surface area contributed by atoms with Crippen molar-refractivity contribution >= 4 is 35.0 Å². The predicted octanol–water partition coefficient (Wildman–Crippen LogP) is 3.49. The number of amides is 2. The van der Waals surface area contributed by atoms with Crippen LogP contribution in [0.1, 0.15) is 39.6 Å². The summed E-state index contributed by atoms with van der Waals surface area (Å²) in [6, 6.07) is 12.7. The van der Waals surface area contributed by atoms with Crippen molar-refractivity contribution < 1.29 is 28.5 Å². The van der Waals surface area contributed by atoms with E-state index in [2.05, 4.69) is 25.7 Å². The maximum atomic E-state index is 12.8. The fraction of sp³-hybridized carbons (Fsp3) is 0.344. The summed E-state index contributed by atoms with van der Waals surface area (Å²) in [6.07, 6.45) is 6.85. The van der Waals surface area contributed by atoms with Gasteiger partial charge in [0.05, 0.1) is 45.4 Å². The number of ether oxygens (including phenoxy) is 4. The molecular formula is C32H34N8O6. The molecule has 7 rings (SSSR count). The fourth-order valence-corrected chi connectivity index (χ4v) is 6.00. The van der Waals surface area contributed by atoms with Crippen molar-refractivity contribution in [3.63, 3.8) is 0 Å². The van der Waals surface area contributed by atoms with Crippen molar-refractivity contribution in [2.24, 2.45) is 5.73 Å². The van der Waals surface area contributed by atoms with Crippen molar-refractivity contribution in [1.82, 2.24) is 24.6 Å². The highest BCUT2D eigenvalue weighted by Gasteiger charge is 2.53. The Morgan fingerprint density at radius 1 is 1.02 bits per heavy atom. The number of benzene rings is 2. The van der Waals surface area contributed by atoms with Gasteiger partial charge in [-0.2, -0.15) is 10.1 Å². The molecule has 2 aromatic heterocycles. The van der Waals surface area contributed by atoms with E-state index in [1.807, 2.05) is 29.1 Å². The molecule has 4 aromatic rings. The van der Waals surface area contributed by atoms with Gasteiger partial charge in [-0.3, -0.25) is 14.3 Å². The number of carbonyl (C=O) groups is 2. The number of nitrogens with one attached hydrogen (secondary N) is 2. The van der Waals surface area contributed by atoms with Gasteiger partial charge in [0.25, 0.3) is 11.8 Å². The van der Waals surface area contributed by atoms with E-state index in [9.17, 15) is 9.59 Å². The van der Waals surface area contributed by atoms with Crippen LogP contribution in [0.25, 0.3) is 11.1 Å². The molecule has 1 atom stereocenters. The zero-order chi connectivity index (χ0) is 31.7. The van der Waals surface area contributed by atoms with Gasteiger partial charge in [0.15, 0.2) is 5.79 Å². The first-order chi connectivity index (χ1) is 22.4. The number of hydrogen-bond donors (Lipinski definition) is 3. The Kier molecular flexibility index (Phi) is 7.98. The smallest absolute Gasteiger partial charge is 0.254 e. The lowest BCUT2D eigenvalue weighted by Crippen LogP contribution is -2.49. The molecule has 14 nitrogen and oxygen atoms in total. The van der Waals surface area contributed by atoms with Gasteiger partial charge in [0.2, 0.25) is 5.95 Å². The SMILES string of the molecule is COc1c(Nc2nc(Nc3ccc(C(=O)N4CCOCC4)cc3)ncc2C(N)=O)cccc1-c1cnn([C@H]2CCC23OCCO3)c1. The third kappa shape index (κ3) is 5.62. The van der Waals surface area contributed by atoms with Crippen LogP contribution in [-0.2, 0) is 14.2 Å². The summed E-state index contributed by atoms with van der Waals surface area (Å²) < 4.78 is 24.9. The molecule has 0 unspecified atom stereocenters. The molecular weight excluding hydrogens is 592 g/mol. The van der Waals surface area contributed by atoms with Crippen molar-refractivity contribution in [2.45, 2.75) is 24.7 Å². The zero-order valence-electron chi connectivity index (χ0n) is 25.3. The van der Waals surface area contributed by atoms with Crippen LogP contribution in [-0.4, -0.2) is 88.9 Å². The lowest BCUT2D eigenvalue weighted by Gasteiger charge is -2.44. The zero-order valence-corrected chi connectivity index (χ0v) is 25.3. The summed E-state index contributed by atoms with van der Waals surface area (Å²) in [5.41, 5.74) is 9.22. The Bertz CT molecular complexity index is 1750. The Morgan fingerprint density at radius 2 is 1.80 bits per heavy atom. The molecule has 0 bridgehead atoms. The Balaban J connectivity index is 1.11. The number of morpholine rings is 1. The van der Waals surface area contributed by atoms with Crippen LogP contribution in [0.5, 0.6) is 5.75 Å². The number of hydrogen-bond acceptors (Lipinski definition) is 11. The fourth-order valence-electron chi connectivity index (χ4n) is 6.00. The summed E-state index contributed by atoms with van der Waals surface area (Å²) in [5.74, 6) is -0.381. The van der Waals surface area contributed by atoms with Gasteiger partial charge in [-0.25, -0.2) is 4.98 Å². The Hall–Kier alpha value is -5.05. The van der Waals surface area contributed by atoms with Crippen LogP contribution in [0, 0.1) is 0 Å². The van der Waals surface area contributed by atoms with Gasteiger partial charge in [-0.15, -0.1) is 0 Å².